The molecule has 0 aliphatic heterocycles. The molecule has 1 aromatic rings. The minimum absolute atomic E-state index is 0.0252. The number of ketones is 2. The van der Waals surface area contributed by atoms with E-state index in [-0.39, 0.29) is 37.4 Å². The fourth-order valence-corrected chi connectivity index (χ4v) is 3.65. The van der Waals surface area contributed by atoms with Crippen molar-refractivity contribution in [2.75, 3.05) is 6.61 Å². The van der Waals surface area contributed by atoms with Gasteiger partial charge in [0.2, 0.25) is 0 Å². The van der Waals surface area contributed by atoms with Gasteiger partial charge in [0.15, 0.2) is 0 Å². The van der Waals surface area contributed by atoms with Crippen molar-refractivity contribution in [3.63, 3.8) is 0 Å². The van der Waals surface area contributed by atoms with E-state index in [4.69, 9.17) is 4.74 Å². The quantitative estimate of drug-likeness (QED) is 0.752. The zero-order chi connectivity index (χ0) is 17.9. The number of benzene rings is 1. The Labute approximate surface area is 143 Å². The molecule has 0 unspecified atom stereocenters. The third-order valence-electron chi connectivity index (χ3n) is 4.83. The lowest BCUT2D eigenvalue weighted by Gasteiger charge is -2.18. The summed E-state index contributed by atoms with van der Waals surface area (Å²) in [6, 6.07) is 4.18. The van der Waals surface area contributed by atoms with Gasteiger partial charge in [0, 0.05) is 25.2 Å². The van der Waals surface area contributed by atoms with Crippen molar-refractivity contribution in [1.82, 2.24) is 0 Å². The zero-order valence-electron chi connectivity index (χ0n) is 15.0. The van der Waals surface area contributed by atoms with Gasteiger partial charge < -0.3 is 4.74 Å². The molecule has 2 rings (SSSR count). The normalized spacial score (nSPS) is 20.2. The van der Waals surface area contributed by atoms with Crippen molar-refractivity contribution in [1.29, 1.82) is 0 Å². The fourth-order valence-electron chi connectivity index (χ4n) is 3.65. The van der Waals surface area contributed by atoms with Crippen LogP contribution in [-0.4, -0.2) is 24.1 Å². The highest BCUT2D eigenvalue weighted by molar-refractivity contribution is 5.98. The molecule has 1 saturated carbocycles. The first kappa shape index (κ1) is 18.4. The smallest absolute Gasteiger partial charge is 0.310 e. The number of esters is 1. The molecule has 130 valence electrons. The Balaban J connectivity index is 2.22. The summed E-state index contributed by atoms with van der Waals surface area (Å²) in [7, 11) is 0. The number of carbonyl (C=O) groups excluding carboxylic acids is 3. The molecular weight excluding hydrogens is 304 g/mol. The summed E-state index contributed by atoms with van der Waals surface area (Å²) in [5.41, 5.74) is 4.48. The maximum absolute atomic E-state index is 12.8. The molecule has 4 nitrogen and oxygen atoms in total. The maximum Gasteiger partial charge on any atom is 0.310 e. The second-order valence-electron chi connectivity index (χ2n) is 6.63. The summed E-state index contributed by atoms with van der Waals surface area (Å²) in [5, 5.41) is 0. The maximum atomic E-state index is 12.8. The van der Waals surface area contributed by atoms with E-state index in [1.54, 1.807) is 6.92 Å². The number of Topliss-reactive ketones (excluding diaryl/α,β-unsaturated/α-hetero) is 2. The van der Waals surface area contributed by atoms with Crippen LogP contribution in [-0.2, 0) is 32.0 Å². The minimum Gasteiger partial charge on any atom is -0.466 e. The first-order valence-electron chi connectivity index (χ1n) is 8.67. The van der Waals surface area contributed by atoms with E-state index in [1.807, 2.05) is 13.8 Å². The Morgan fingerprint density at radius 1 is 1.12 bits per heavy atom. The third kappa shape index (κ3) is 3.92. The summed E-state index contributed by atoms with van der Waals surface area (Å²) in [6.07, 6.45) is 1.43. The number of hydrogen-bond acceptors (Lipinski definition) is 4. The SMILES string of the molecule is CCOC(=O)[C@@H]1CC(=O)C[C@H]1C(=O)Cc1c(C)cc(C)cc1CC. The number of carbonyl (C=O) groups is 3. The third-order valence-corrected chi connectivity index (χ3v) is 4.83. The molecule has 0 heterocycles. The summed E-state index contributed by atoms with van der Waals surface area (Å²) in [5.74, 6) is -1.62. The van der Waals surface area contributed by atoms with Crippen molar-refractivity contribution in [2.45, 2.75) is 53.4 Å². The largest absolute Gasteiger partial charge is 0.466 e. The fraction of sp³-hybridized carbons (Fsp3) is 0.550. The van der Waals surface area contributed by atoms with E-state index in [2.05, 4.69) is 19.1 Å². The van der Waals surface area contributed by atoms with E-state index in [0.717, 1.165) is 23.1 Å². The van der Waals surface area contributed by atoms with Crippen molar-refractivity contribution < 1.29 is 19.1 Å². The van der Waals surface area contributed by atoms with Gasteiger partial charge in [0.05, 0.1) is 12.5 Å². The van der Waals surface area contributed by atoms with Gasteiger partial charge in [-0.15, -0.1) is 0 Å². The van der Waals surface area contributed by atoms with Gasteiger partial charge in [-0.25, -0.2) is 0 Å². The molecule has 4 heteroatoms. The Morgan fingerprint density at radius 2 is 1.79 bits per heavy atom. The van der Waals surface area contributed by atoms with Crippen LogP contribution in [0.1, 0.15) is 48.9 Å². The molecule has 0 radical (unpaired) electrons. The van der Waals surface area contributed by atoms with Crippen LogP contribution < -0.4 is 0 Å². The second-order valence-corrected chi connectivity index (χ2v) is 6.63. The van der Waals surface area contributed by atoms with Gasteiger partial charge in [-0.2, -0.15) is 0 Å². The van der Waals surface area contributed by atoms with Crippen LogP contribution in [0.2, 0.25) is 0 Å². The van der Waals surface area contributed by atoms with Gasteiger partial charge in [0.25, 0.3) is 0 Å². The van der Waals surface area contributed by atoms with Gasteiger partial charge in [0.1, 0.15) is 11.6 Å². The minimum atomic E-state index is -0.610. The van der Waals surface area contributed by atoms with Crippen LogP contribution in [0.5, 0.6) is 0 Å². The predicted molar refractivity (Wildman–Crippen MR) is 91.9 cm³/mol. The van der Waals surface area contributed by atoms with E-state index >= 15 is 0 Å². The van der Waals surface area contributed by atoms with Gasteiger partial charge in [-0.05, 0) is 43.9 Å². The molecule has 0 saturated heterocycles. The van der Waals surface area contributed by atoms with E-state index in [0.29, 0.717) is 0 Å². The van der Waals surface area contributed by atoms with Crippen molar-refractivity contribution in [3.05, 3.63) is 34.4 Å². The topological polar surface area (TPSA) is 60.4 Å². The molecular formula is C20H26O4. The van der Waals surface area contributed by atoms with Crippen LogP contribution >= 0.6 is 0 Å². The predicted octanol–water partition coefficient (Wildman–Crippen LogP) is 3.14. The van der Waals surface area contributed by atoms with Crippen molar-refractivity contribution in [2.24, 2.45) is 11.8 Å². The lowest BCUT2D eigenvalue weighted by atomic mass is 9.86. The highest BCUT2D eigenvalue weighted by Gasteiger charge is 2.42. The highest BCUT2D eigenvalue weighted by Crippen LogP contribution is 2.33. The molecule has 1 aromatic carbocycles. The van der Waals surface area contributed by atoms with Crippen LogP contribution in [0, 0.1) is 25.7 Å². The Morgan fingerprint density at radius 3 is 2.42 bits per heavy atom. The van der Waals surface area contributed by atoms with Gasteiger partial charge in [-0.1, -0.05) is 24.6 Å². The summed E-state index contributed by atoms with van der Waals surface area (Å²) in [6.45, 7) is 8.13. The molecule has 0 amide bonds. The standard InChI is InChI=1S/C20H26O4/c1-5-14-8-12(3)7-13(4)16(14)11-19(22)17-9-15(21)10-18(17)20(23)24-6-2/h7-8,17-18H,5-6,9-11H2,1-4H3/t17-,18-/m1/s1. The molecule has 0 bridgehead atoms. The van der Waals surface area contributed by atoms with Crippen molar-refractivity contribution in [3.8, 4) is 0 Å². The Hall–Kier alpha value is -1.97. The first-order chi connectivity index (χ1) is 11.4. The van der Waals surface area contributed by atoms with Crippen molar-refractivity contribution >= 4 is 17.5 Å². The molecule has 0 spiro atoms. The van der Waals surface area contributed by atoms with Crippen LogP contribution in [0.3, 0.4) is 0 Å². The van der Waals surface area contributed by atoms with Crippen LogP contribution in [0.4, 0.5) is 0 Å². The summed E-state index contributed by atoms with van der Waals surface area (Å²) in [4.78, 5) is 36.7. The molecule has 1 aliphatic rings. The Kier molecular flexibility index (Phi) is 5.92. The molecule has 0 N–H and O–H groups in total. The number of ether oxygens (including phenoxy) is 1. The Bertz CT molecular complexity index is 660. The van der Waals surface area contributed by atoms with E-state index in [9.17, 15) is 14.4 Å². The number of hydrogen-bond donors (Lipinski definition) is 0. The highest BCUT2D eigenvalue weighted by atomic mass is 16.5. The molecule has 1 aliphatic carbocycles. The van der Waals surface area contributed by atoms with Gasteiger partial charge in [-0.3, -0.25) is 14.4 Å². The molecule has 2 atom stereocenters. The monoisotopic (exact) mass is 330 g/mol. The average Bonchev–Trinajstić information content (AvgIpc) is 2.92. The van der Waals surface area contributed by atoms with Gasteiger partial charge >= 0.3 is 5.97 Å². The lowest BCUT2D eigenvalue weighted by Crippen LogP contribution is -2.28. The first-order valence-corrected chi connectivity index (χ1v) is 8.67. The summed E-state index contributed by atoms with van der Waals surface area (Å²) >= 11 is 0. The molecule has 0 aromatic heterocycles. The summed E-state index contributed by atoms with van der Waals surface area (Å²) < 4.78 is 5.05. The zero-order valence-corrected chi connectivity index (χ0v) is 15.0. The molecule has 24 heavy (non-hydrogen) atoms. The van der Waals surface area contributed by atoms with Crippen LogP contribution in [0.25, 0.3) is 0 Å². The second kappa shape index (κ2) is 7.73. The lowest BCUT2D eigenvalue weighted by molar-refractivity contribution is -0.151. The average molecular weight is 330 g/mol. The van der Waals surface area contributed by atoms with Crippen LogP contribution in [0.15, 0.2) is 12.1 Å². The molecule has 1 fully saturated rings. The van der Waals surface area contributed by atoms with E-state index < -0.39 is 17.8 Å². The van der Waals surface area contributed by atoms with E-state index in [1.165, 1.54) is 5.56 Å². The number of rotatable bonds is 6. The number of aryl methyl sites for hydroxylation is 3.